The zero-order chi connectivity index (χ0) is 19.9. The number of nitrogens with zero attached hydrogens (tertiary/aromatic N) is 5. The summed E-state index contributed by atoms with van der Waals surface area (Å²) in [5.74, 6) is 1.53. The first-order valence-corrected chi connectivity index (χ1v) is 11.9. The normalized spacial score (nSPS) is 12.4. The molecule has 0 spiro atoms. The lowest BCUT2D eigenvalue weighted by molar-refractivity contribution is 0.521. The van der Waals surface area contributed by atoms with Crippen molar-refractivity contribution in [3.8, 4) is 0 Å². The van der Waals surface area contributed by atoms with Crippen LogP contribution in [-0.2, 0) is 22.3 Å². The minimum atomic E-state index is -3.49. The lowest BCUT2D eigenvalue weighted by atomic mass is 10.3. The second-order valence-corrected chi connectivity index (χ2v) is 10.3. The number of thiophene rings is 1. The van der Waals surface area contributed by atoms with Gasteiger partial charge in [0.2, 0.25) is 10.0 Å². The van der Waals surface area contributed by atoms with Crippen LogP contribution in [0.25, 0.3) is 21.3 Å². The van der Waals surface area contributed by atoms with E-state index in [4.69, 9.17) is 4.98 Å². The summed E-state index contributed by atoms with van der Waals surface area (Å²) in [6, 6.07) is 7.10. The summed E-state index contributed by atoms with van der Waals surface area (Å²) in [4.78, 5) is 13.7. The molecular weight excluding hydrogens is 414 g/mol. The lowest BCUT2D eigenvalue weighted by Gasteiger charge is -2.11. The lowest BCUT2D eigenvalue weighted by Crippen LogP contribution is -2.22. The largest absolute Gasteiger partial charge is 0.328 e. The van der Waals surface area contributed by atoms with Crippen LogP contribution in [0.3, 0.4) is 0 Å². The fourth-order valence-electron chi connectivity index (χ4n) is 3.00. The SMILES string of the molecule is CCn1c(CSc2ncnc3ccsc23)nc2cc(S(=O)(=O)N(C)C)ccc21. The van der Waals surface area contributed by atoms with E-state index in [1.54, 1.807) is 41.6 Å². The van der Waals surface area contributed by atoms with Crippen molar-refractivity contribution < 1.29 is 8.42 Å². The van der Waals surface area contributed by atoms with E-state index in [0.29, 0.717) is 11.3 Å². The molecule has 3 heterocycles. The first-order chi connectivity index (χ1) is 13.4. The number of hydrogen-bond acceptors (Lipinski definition) is 7. The van der Waals surface area contributed by atoms with Crippen LogP contribution in [0.15, 0.2) is 45.9 Å². The zero-order valence-corrected chi connectivity index (χ0v) is 18.1. The molecule has 7 nitrogen and oxygen atoms in total. The highest BCUT2D eigenvalue weighted by molar-refractivity contribution is 7.98. The van der Waals surface area contributed by atoms with E-state index in [-0.39, 0.29) is 4.90 Å². The van der Waals surface area contributed by atoms with Gasteiger partial charge in [-0.2, -0.15) is 0 Å². The van der Waals surface area contributed by atoms with Gasteiger partial charge in [0.1, 0.15) is 17.2 Å². The van der Waals surface area contributed by atoms with Crippen LogP contribution in [0.1, 0.15) is 12.7 Å². The number of rotatable bonds is 6. The Balaban J connectivity index is 1.70. The number of imidazole rings is 1. The highest BCUT2D eigenvalue weighted by atomic mass is 32.2. The van der Waals surface area contributed by atoms with Crippen LogP contribution in [-0.4, -0.2) is 46.3 Å². The summed E-state index contributed by atoms with van der Waals surface area (Å²) >= 11 is 3.24. The topological polar surface area (TPSA) is 81.0 Å². The molecule has 146 valence electrons. The van der Waals surface area contributed by atoms with Gasteiger partial charge in [-0.05, 0) is 36.6 Å². The zero-order valence-electron chi connectivity index (χ0n) is 15.7. The van der Waals surface area contributed by atoms with Crippen molar-refractivity contribution in [2.24, 2.45) is 0 Å². The van der Waals surface area contributed by atoms with Gasteiger partial charge in [0.25, 0.3) is 0 Å². The Morgan fingerprint density at radius 1 is 1.18 bits per heavy atom. The molecule has 0 aliphatic heterocycles. The molecule has 1 aromatic carbocycles. The van der Waals surface area contributed by atoms with Crippen molar-refractivity contribution in [1.29, 1.82) is 0 Å². The van der Waals surface area contributed by atoms with Crippen LogP contribution < -0.4 is 0 Å². The fraction of sp³-hybridized carbons (Fsp3) is 0.278. The van der Waals surface area contributed by atoms with Gasteiger partial charge in [0.15, 0.2) is 0 Å². The highest BCUT2D eigenvalue weighted by Crippen LogP contribution is 2.31. The first kappa shape index (κ1) is 19.3. The third-order valence-electron chi connectivity index (χ3n) is 4.44. The summed E-state index contributed by atoms with van der Waals surface area (Å²) in [6.45, 7) is 2.81. The predicted octanol–water partition coefficient (Wildman–Crippen LogP) is 3.60. The maximum Gasteiger partial charge on any atom is 0.242 e. The fourth-order valence-corrected chi connectivity index (χ4v) is 5.81. The Labute approximate surface area is 171 Å². The molecule has 0 radical (unpaired) electrons. The molecule has 10 heteroatoms. The number of sulfonamides is 1. The monoisotopic (exact) mass is 433 g/mol. The van der Waals surface area contributed by atoms with Crippen molar-refractivity contribution in [3.63, 3.8) is 0 Å². The maximum absolute atomic E-state index is 12.4. The Morgan fingerprint density at radius 3 is 2.75 bits per heavy atom. The molecule has 0 bridgehead atoms. The third kappa shape index (κ3) is 3.30. The van der Waals surface area contributed by atoms with Crippen molar-refractivity contribution in [2.45, 2.75) is 29.1 Å². The van der Waals surface area contributed by atoms with Gasteiger partial charge in [-0.25, -0.2) is 27.7 Å². The molecule has 0 amide bonds. The smallest absolute Gasteiger partial charge is 0.242 e. The number of benzene rings is 1. The summed E-state index contributed by atoms with van der Waals surface area (Å²) < 4.78 is 29.2. The molecule has 0 saturated carbocycles. The van der Waals surface area contributed by atoms with Gasteiger partial charge in [0, 0.05) is 20.6 Å². The second kappa shape index (κ2) is 7.43. The van der Waals surface area contributed by atoms with Gasteiger partial charge in [-0.1, -0.05) is 11.8 Å². The first-order valence-electron chi connectivity index (χ1n) is 8.64. The highest BCUT2D eigenvalue weighted by Gasteiger charge is 2.19. The Bertz CT molecular complexity index is 1260. The molecule has 4 aromatic rings. The number of aromatic nitrogens is 4. The van der Waals surface area contributed by atoms with E-state index in [9.17, 15) is 8.42 Å². The number of thioether (sulfide) groups is 1. The maximum atomic E-state index is 12.4. The van der Waals surface area contributed by atoms with Gasteiger partial charge in [-0.15, -0.1) is 11.3 Å². The predicted molar refractivity (Wildman–Crippen MR) is 113 cm³/mol. The van der Waals surface area contributed by atoms with Gasteiger partial charge < -0.3 is 4.57 Å². The standard InChI is InChI=1S/C18H19N5O2S3/c1-4-23-15-6-5-12(28(24,25)22(2)3)9-14(15)21-16(23)10-27-18-17-13(7-8-26-17)19-11-20-18/h5-9,11H,4,10H2,1-3H3. The van der Waals surface area contributed by atoms with Crippen LogP contribution in [0, 0.1) is 0 Å². The van der Waals surface area contributed by atoms with Crippen molar-refractivity contribution in [2.75, 3.05) is 14.1 Å². The van der Waals surface area contributed by atoms with E-state index in [2.05, 4.69) is 21.5 Å². The van der Waals surface area contributed by atoms with E-state index in [0.717, 1.165) is 33.1 Å². The van der Waals surface area contributed by atoms with Crippen LogP contribution in [0.5, 0.6) is 0 Å². The van der Waals surface area contributed by atoms with Crippen LogP contribution >= 0.6 is 23.1 Å². The van der Waals surface area contributed by atoms with Crippen molar-refractivity contribution in [3.05, 3.63) is 41.8 Å². The Hall–Kier alpha value is -2.01. The molecule has 0 unspecified atom stereocenters. The van der Waals surface area contributed by atoms with Gasteiger partial charge >= 0.3 is 0 Å². The second-order valence-electron chi connectivity index (χ2n) is 6.31. The molecule has 4 rings (SSSR count). The molecule has 0 aliphatic carbocycles. The van der Waals surface area contributed by atoms with Gasteiger partial charge in [0.05, 0.1) is 31.9 Å². The number of hydrogen-bond donors (Lipinski definition) is 0. The molecule has 0 atom stereocenters. The molecule has 0 saturated heterocycles. The average molecular weight is 434 g/mol. The van der Waals surface area contributed by atoms with E-state index < -0.39 is 10.0 Å². The van der Waals surface area contributed by atoms with Crippen LogP contribution in [0.4, 0.5) is 0 Å². The summed E-state index contributed by atoms with van der Waals surface area (Å²) in [7, 11) is -0.434. The number of fused-ring (bicyclic) bond motifs is 2. The molecular formula is C18H19N5O2S3. The summed E-state index contributed by atoms with van der Waals surface area (Å²) in [6.07, 6.45) is 1.58. The van der Waals surface area contributed by atoms with E-state index in [1.807, 2.05) is 17.5 Å². The average Bonchev–Trinajstić information content (AvgIpc) is 3.29. The van der Waals surface area contributed by atoms with E-state index >= 15 is 0 Å². The van der Waals surface area contributed by atoms with Crippen molar-refractivity contribution in [1.82, 2.24) is 23.8 Å². The third-order valence-corrected chi connectivity index (χ3v) is 8.28. The summed E-state index contributed by atoms with van der Waals surface area (Å²) in [5, 5.41) is 2.95. The van der Waals surface area contributed by atoms with Gasteiger partial charge in [-0.3, -0.25) is 0 Å². The Kier molecular flexibility index (Phi) is 5.13. The summed E-state index contributed by atoms with van der Waals surface area (Å²) in [5.41, 5.74) is 2.56. The molecule has 3 aromatic heterocycles. The van der Waals surface area contributed by atoms with E-state index in [1.165, 1.54) is 18.4 Å². The quantitative estimate of drug-likeness (QED) is 0.341. The van der Waals surface area contributed by atoms with Crippen molar-refractivity contribution >= 4 is 54.4 Å². The number of aryl methyl sites for hydroxylation is 1. The molecule has 28 heavy (non-hydrogen) atoms. The molecule has 0 aliphatic rings. The van der Waals surface area contributed by atoms with Crippen LogP contribution in [0.2, 0.25) is 0 Å². The molecule has 0 fully saturated rings. The molecule has 0 N–H and O–H groups in total. The Morgan fingerprint density at radius 2 is 2.00 bits per heavy atom. The minimum Gasteiger partial charge on any atom is -0.328 e. The minimum absolute atomic E-state index is 0.251.